The number of amides is 1. The van der Waals surface area contributed by atoms with Gasteiger partial charge in [0, 0.05) is 24.2 Å². The van der Waals surface area contributed by atoms with Gasteiger partial charge in [-0.1, -0.05) is 6.92 Å². The number of halogens is 1. The summed E-state index contributed by atoms with van der Waals surface area (Å²) in [5.74, 6) is 0.758. The molecule has 2 bridgehead atoms. The van der Waals surface area contributed by atoms with E-state index in [0.29, 0.717) is 23.2 Å². The minimum atomic E-state index is -0.242. The fourth-order valence-electron chi connectivity index (χ4n) is 5.50. The molecule has 7 rings (SSSR count). The van der Waals surface area contributed by atoms with E-state index in [1.165, 1.54) is 22.2 Å². The summed E-state index contributed by atoms with van der Waals surface area (Å²) in [7, 11) is 0. The van der Waals surface area contributed by atoms with Gasteiger partial charge < -0.3 is 4.90 Å². The van der Waals surface area contributed by atoms with Crippen molar-refractivity contribution in [2.45, 2.75) is 51.6 Å². The zero-order valence-corrected chi connectivity index (χ0v) is 19.9. The smallest absolute Gasteiger partial charge is 0.275 e. The molecule has 4 aromatic rings. The summed E-state index contributed by atoms with van der Waals surface area (Å²) in [4.78, 5) is 26.9. The Bertz CT molecular complexity index is 1360. The molecule has 2 aliphatic heterocycles. The summed E-state index contributed by atoms with van der Waals surface area (Å²) >= 11 is 1.54. The molecule has 34 heavy (non-hydrogen) atoms. The van der Waals surface area contributed by atoms with Gasteiger partial charge in [-0.15, -0.1) is 16.1 Å². The van der Waals surface area contributed by atoms with Crippen molar-refractivity contribution >= 4 is 27.5 Å². The largest absolute Gasteiger partial charge is 0.331 e. The minimum absolute atomic E-state index is 0.0534. The SMILES string of the molecule is Cc1ccc(-n2nccn2)c(C(=O)N2C3CC(C3)[C@@H](C)C2CCc2nc3ccc(F)cc3s2)n1. The van der Waals surface area contributed by atoms with Crippen molar-refractivity contribution in [1.82, 2.24) is 29.9 Å². The Morgan fingerprint density at radius 2 is 1.94 bits per heavy atom. The van der Waals surface area contributed by atoms with Crippen molar-refractivity contribution in [3.8, 4) is 5.69 Å². The van der Waals surface area contributed by atoms with E-state index in [-0.39, 0.29) is 23.8 Å². The molecule has 1 saturated carbocycles. The van der Waals surface area contributed by atoms with Gasteiger partial charge in [-0.05, 0) is 68.4 Å². The van der Waals surface area contributed by atoms with E-state index in [1.807, 2.05) is 19.1 Å². The summed E-state index contributed by atoms with van der Waals surface area (Å²) in [5.41, 5.74) is 2.61. The fraction of sp³-hybridized carbons (Fsp3) is 0.400. The average molecular weight is 477 g/mol. The lowest BCUT2D eigenvalue weighted by molar-refractivity contribution is -0.0573. The molecule has 2 saturated heterocycles. The number of pyridine rings is 1. The molecule has 1 aromatic carbocycles. The summed E-state index contributed by atoms with van der Waals surface area (Å²) < 4.78 is 14.5. The molecule has 2 atom stereocenters. The van der Waals surface area contributed by atoms with E-state index in [4.69, 9.17) is 4.98 Å². The first-order valence-electron chi connectivity index (χ1n) is 11.7. The van der Waals surface area contributed by atoms with Gasteiger partial charge in [-0.25, -0.2) is 14.4 Å². The Labute approximate surface area is 200 Å². The summed E-state index contributed by atoms with van der Waals surface area (Å²) in [6.45, 7) is 4.15. The molecule has 7 nitrogen and oxygen atoms in total. The monoisotopic (exact) mass is 476 g/mol. The normalized spacial score (nSPS) is 23.8. The number of carbonyl (C=O) groups is 1. The minimum Gasteiger partial charge on any atom is -0.331 e. The van der Waals surface area contributed by atoms with Gasteiger partial charge in [-0.3, -0.25) is 4.79 Å². The molecule has 5 heterocycles. The quantitative estimate of drug-likeness (QED) is 0.421. The lowest BCUT2D eigenvalue weighted by atomic mass is 9.64. The van der Waals surface area contributed by atoms with Gasteiger partial charge in [0.05, 0.1) is 27.6 Å². The highest BCUT2D eigenvalue weighted by atomic mass is 32.1. The van der Waals surface area contributed by atoms with Gasteiger partial charge in [-0.2, -0.15) is 10.2 Å². The van der Waals surface area contributed by atoms with E-state index >= 15 is 0 Å². The van der Waals surface area contributed by atoms with Crippen molar-refractivity contribution in [2.24, 2.45) is 11.8 Å². The van der Waals surface area contributed by atoms with Crippen LogP contribution in [0.4, 0.5) is 4.39 Å². The fourth-order valence-corrected chi connectivity index (χ4v) is 6.51. The van der Waals surface area contributed by atoms with E-state index in [1.54, 1.807) is 24.5 Å². The number of aryl methyl sites for hydroxylation is 2. The third-order valence-corrected chi connectivity index (χ3v) is 8.46. The zero-order chi connectivity index (χ0) is 23.4. The molecule has 0 radical (unpaired) electrons. The first-order valence-corrected chi connectivity index (χ1v) is 12.5. The number of fused-ring (bicyclic) bond motifs is 3. The number of rotatable bonds is 5. The van der Waals surface area contributed by atoms with Gasteiger partial charge in [0.2, 0.25) is 0 Å². The lowest BCUT2D eigenvalue weighted by Crippen LogP contribution is -2.63. The van der Waals surface area contributed by atoms with Crippen LogP contribution in [0.5, 0.6) is 0 Å². The third-order valence-electron chi connectivity index (χ3n) is 7.38. The van der Waals surface area contributed by atoms with Crippen molar-refractivity contribution in [3.05, 3.63) is 64.9 Å². The lowest BCUT2D eigenvalue weighted by Gasteiger charge is -2.57. The van der Waals surface area contributed by atoms with Crippen molar-refractivity contribution < 1.29 is 9.18 Å². The van der Waals surface area contributed by atoms with Crippen molar-refractivity contribution in [2.75, 3.05) is 0 Å². The highest BCUT2D eigenvalue weighted by Gasteiger charge is 2.50. The molecule has 174 valence electrons. The maximum atomic E-state index is 14.0. The van der Waals surface area contributed by atoms with Crippen LogP contribution < -0.4 is 0 Å². The van der Waals surface area contributed by atoms with E-state index in [2.05, 4.69) is 27.0 Å². The first-order chi connectivity index (χ1) is 16.5. The summed E-state index contributed by atoms with van der Waals surface area (Å²) in [6.07, 6.45) is 6.87. The summed E-state index contributed by atoms with van der Waals surface area (Å²) in [5, 5.41) is 9.44. The average Bonchev–Trinajstić information content (AvgIpc) is 3.46. The Hall–Kier alpha value is -3.20. The van der Waals surface area contributed by atoms with Crippen LogP contribution >= 0.6 is 11.3 Å². The zero-order valence-electron chi connectivity index (χ0n) is 19.1. The van der Waals surface area contributed by atoms with Gasteiger partial charge in [0.25, 0.3) is 5.91 Å². The second kappa shape index (κ2) is 8.23. The molecule has 0 spiro atoms. The predicted molar refractivity (Wildman–Crippen MR) is 127 cm³/mol. The maximum Gasteiger partial charge on any atom is 0.275 e. The van der Waals surface area contributed by atoms with Crippen LogP contribution in [0.15, 0.2) is 42.7 Å². The summed E-state index contributed by atoms with van der Waals surface area (Å²) in [6, 6.07) is 8.80. The second-order valence-electron chi connectivity index (χ2n) is 9.42. The van der Waals surface area contributed by atoms with E-state index in [9.17, 15) is 9.18 Å². The van der Waals surface area contributed by atoms with E-state index < -0.39 is 0 Å². The van der Waals surface area contributed by atoms with Crippen LogP contribution in [0.2, 0.25) is 0 Å². The third kappa shape index (κ3) is 3.58. The number of aromatic nitrogens is 5. The molecule has 1 aliphatic carbocycles. The molecule has 1 unspecified atom stereocenters. The number of thiazole rings is 1. The predicted octanol–water partition coefficient (Wildman–Crippen LogP) is 4.59. The highest BCUT2D eigenvalue weighted by Crippen LogP contribution is 2.48. The van der Waals surface area contributed by atoms with Gasteiger partial charge >= 0.3 is 0 Å². The number of carbonyl (C=O) groups excluding carboxylic acids is 1. The standard InChI is InChI=1S/C25H25FN6OS/c1-14-3-6-21(32-27-9-10-28-32)24(29-14)25(33)31-18-11-16(12-18)15(2)20(31)7-8-23-30-19-5-4-17(26)13-22(19)34-23/h3-6,9-10,13,15-16,18,20H,7-8,11-12H2,1-2H3/t15-,16?,18?,20?/m1/s1. The van der Waals surface area contributed by atoms with Gasteiger partial charge in [0.1, 0.15) is 11.5 Å². The number of hydrogen-bond donors (Lipinski definition) is 0. The highest BCUT2D eigenvalue weighted by molar-refractivity contribution is 7.18. The molecular formula is C25H25FN6OS. The molecular weight excluding hydrogens is 451 g/mol. The number of benzene rings is 1. The maximum absolute atomic E-state index is 14.0. The molecule has 3 fully saturated rings. The van der Waals surface area contributed by atoms with Crippen LogP contribution in [0.25, 0.3) is 15.9 Å². The molecule has 3 aliphatic rings. The van der Waals surface area contributed by atoms with Crippen LogP contribution in [-0.2, 0) is 6.42 Å². The molecule has 3 aromatic heterocycles. The van der Waals surface area contributed by atoms with Crippen LogP contribution in [-0.4, -0.2) is 47.9 Å². The molecule has 1 amide bonds. The van der Waals surface area contributed by atoms with Crippen LogP contribution in [0.1, 0.15) is 47.4 Å². The van der Waals surface area contributed by atoms with Gasteiger partial charge in [0.15, 0.2) is 5.69 Å². The molecule has 0 N–H and O–H groups in total. The van der Waals surface area contributed by atoms with Crippen LogP contribution in [0.3, 0.4) is 0 Å². The van der Waals surface area contributed by atoms with E-state index in [0.717, 1.165) is 46.6 Å². The Morgan fingerprint density at radius 1 is 1.15 bits per heavy atom. The molecule has 9 heteroatoms. The van der Waals surface area contributed by atoms with Crippen molar-refractivity contribution in [3.63, 3.8) is 0 Å². The van der Waals surface area contributed by atoms with Crippen LogP contribution in [0, 0.1) is 24.6 Å². The second-order valence-corrected chi connectivity index (χ2v) is 10.5. The number of hydrogen-bond acceptors (Lipinski definition) is 6. The number of nitrogens with zero attached hydrogens (tertiary/aromatic N) is 6. The Kier molecular flexibility index (Phi) is 5.17. The Morgan fingerprint density at radius 3 is 2.74 bits per heavy atom. The Balaban J connectivity index is 1.30. The first kappa shape index (κ1) is 21.3. The number of piperidine rings is 2. The van der Waals surface area contributed by atoms with Crippen molar-refractivity contribution in [1.29, 1.82) is 0 Å². The topological polar surface area (TPSA) is 76.8 Å².